The van der Waals surface area contributed by atoms with E-state index in [9.17, 15) is 4.79 Å². The highest BCUT2D eigenvalue weighted by atomic mass is 35.5. The van der Waals surface area contributed by atoms with Crippen molar-refractivity contribution in [3.05, 3.63) is 64.7 Å². The number of carbonyl (C=O) groups excluding carboxylic acids is 1. The van der Waals surface area contributed by atoms with Gasteiger partial charge in [-0.05, 0) is 43.2 Å². The van der Waals surface area contributed by atoms with Gasteiger partial charge in [-0.2, -0.15) is 0 Å². The molecule has 3 rings (SSSR count). The van der Waals surface area contributed by atoms with Crippen LogP contribution in [0.2, 0.25) is 5.02 Å². The Hall–Kier alpha value is -2.04. The van der Waals surface area contributed by atoms with E-state index in [2.05, 4.69) is 10.3 Å². The van der Waals surface area contributed by atoms with E-state index in [0.717, 1.165) is 27.1 Å². The van der Waals surface area contributed by atoms with Crippen LogP contribution in [0, 0.1) is 13.8 Å². The van der Waals surface area contributed by atoms with Crippen LogP contribution in [0.1, 0.15) is 11.1 Å². The average molecular weight is 357 g/mol. The highest BCUT2D eigenvalue weighted by Gasteiger charge is 2.10. The first-order valence-electron chi connectivity index (χ1n) is 7.58. The molecule has 0 radical (unpaired) electrons. The molecule has 0 aliphatic heterocycles. The first-order valence-corrected chi connectivity index (χ1v) is 8.94. The lowest BCUT2D eigenvalue weighted by Gasteiger charge is -2.11. The smallest absolute Gasteiger partial charge is 0.234 e. The van der Waals surface area contributed by atoms with Gasteiger partial charge in [0.25, 0.3) is 0 Å². The molecule has 0 bridgehead atoms. The SMILES string of the molecule is Cc1cc(C)c(NC(=O)CSc2ccc3ccccc3n2)c(Cl)c1. The third-order valence-corrected chi connectivity index (χ3v) is 4.85. The second-order valence-electron chi connectivity index (χ2n) is 5.62. The molecule has 24 heavy (non-hydrogen) atoms. The van der Waals surface area contributed by atoms with E-state index in [1.807, 2.05) is 62.4 Å². The van der Waals surface area contributed by atoms with Crippen molar-refractivity contribution in [2.75, 3.05) is 11.1 Å². The molecular formula is C19H17ClN2OS. The predicted molar refractivity (Wildman–Crippen MR) is 102 cm³/mol. The molecule has 1 heterocycles. The van der Waals surface area contributed by atoms with Gasteiger partial charge in [0.15, 0.2) is 0 Å². The molecule has 1 N–H and O–H groups in total. The van der Waals surface area contributed by atoms with Crippen molar-refractivity contribution in [1.29, 1.82) is 0 Å². The van der Waals surface area contributed by atoms with Crippen LogP contribution in [0.3, 0.4) is 0 Å². The van der Waals surface area contributed by atoms with Crippen LogP contribution in [0.4, 0.5) is 5.69 Å². The lowest BCUT2D eigenvalue weighted by molar-refractivity contribution is -0.113. The number of thioether (sulfide) groups is 1. The average Bonchev–Trinajstić information content (AvgIpc) is 2.56. The Balaban J connectivity index is 1.67. The van der Waals surface area contributed by atoms with Crippen LogP contribution in [0.25, 0.3) is 10.9 Å². The number of fused-ring (bicyclic) bond motifs is 1. The van der Waals surface area contributed by atoms with Gasteiger partial charge >= 0.3 is 0 Å². The van der Waals surface area contributed by atoms with Crippen molar-refractivity contribution < 1.29 is 4.79 Å². The van der Waals surface area contributed by atoms with Crippen molar-refractivity contribution in [2.24, 2.45) is 0 Å². The summed E-state index contributed by atoms with van der Waals surface area (Å²) in [6, 6.07) is 15.7. The number of aryl methyl sites for hydroxylation is 2. The standard InChI is InChI=1S/C19H17ClN2OS/c1-12-9-13(2)19(15(20)10-12)22-17(23)11-24-18-8-7-14-5-3-4-6-16(14)21-18/h3-10H,11H2,1-2H3,(H,22,23). The van der Waals surface area contributed by atoms with Crippen LogP contribution in [0.15, 0.2) is 53.6 Å². The second kappa shape index (κ2) is 7.24. The van der Waals surface area contributed by atoms with Crippen molar-refractivity contribution in [1.82, 2.24) is 4.98 Å². The summed E-state index contributed by atoms with van der Waals surface area (Å²) in [6.45, 7) is 3.91. The zero-order valence-electron chi connectivity index (χ0n) is 13.5. The lowest BCUT2D eigenvalue weighted by atomic mass is 10.1. The maximum absolute atomic E-state index is 12.2. The van der Waals surface area contributed by atoms with Gasteiger partial charge in [0.2, 0.25) is 5.91 Å². The molecule has 0 saturated carbocycles. The monoisotopic (exact) mass is 356 g/mol. The summed E-state index contributed by atoms with van der Waals surface area (Å²) in [7, 11) is 0. The summed E-state index contributed by atoms with van der Waals surface area (Å²) in [5, 5.41) is 5.38. The number of aromatic nitrogens is 1. The molecule has 0 fully saturated rings. The van der Waals surface area contributed by atoms with E-state index in [1.165, 1.54) is 11.8 Å². The summed E-state index contributed by atoms with van der Waals surface area (Å²) in [5.41, 5.74) is 3.65. The fraction of sp³-hybridized carbons (Fsp3) is 0.158. The number of nitrogens with one attached hydrogen (secondary N) is 1. The minimum Gasteiger partial charge on any atom is -0.324 e. The third-order valence-electron chi connectivity index (χ3n) is 3.62. The molecule has 2 aromatic carbocycles. The number of rotatable bonds is 4. The molecule has 1 amide bonds. The summed E-state index contributed by atoms with van der Waals surface area (Å²) >= 11 is 7.64. The van der Waals surface area contributed by atoms with Crippen LogP contribution in [-0.4, -0.2) is 16.6 Å². The molecule has 122 valence electrons. The van der Waals surface area contributed by atoms with Crippen molar-refractivity contribution >= 4 is 45.9 Å². The zero-order valence-corrected chi connectivity index (χ0v) is 15.0. The molecule has 3 nitrogen and oxygen atoms in total. The number of halogens is 1. The number of amides is 1. The van der Waals surface area contributed by atoms with Gasteiger partial charge in [-0.25, -0.2) is 4.98 Å². The van der Waals surface area contributed by atoms with Crippen LogP contribution >= 0.6 is 23.4 Å². The van der Waals surface area contributed by atoms with E-state index < -0.39 is 0 Å². The number of para-hydroxylation sites is 1. The topological polar surface area (TPSA) is 42.0 Å². The highest BCUT2D eigenvalue weighted by Crippen LogP contribution is 2.28. The summed E-state index contributed by atoms with van der Waals surface area (Å²) < 4.78 is 0. The molecule has 1 aromatic heterocycles. The number of benzene rings is 2. The van der Waals surface area contributed by atoms with Crippen molar-refractivity contribution in [3.63, 3.8) is 0 Å². The number of hydrogen-bond donors (Lipinski definition) is 1. The quantitative estimate of drug-likeness (QED) is 0.650. The van der Waals surface area contributed by atoms with E-state index in [-0.39, 0.29) is 11.7 Å². The van der Waals surface area contributed by atoms with Gasteiger partial charge in [0.05, 0.1) is 27.0 Å². The van der Waals surface area contributed by atoms with E-state index in [0.29, 0.717) is 10.7 Å². The van der Waals surface area contributed by atoms with Gasteiger partial charge in [0, 0.05) is 5.39 Å². The van der Waals surface area contributed by atoms with Crippen molar-refractivity contribution in [3.8, 4) is 0 Å². The predicted octanol–water partition coefficient (Wildman–Crippen LogP) is 5.24. The van der Waals surface area contributed by atoms with Gasteiger partial charge < -0.3 is 5.32 Å². The molecule has 0 unspecified atom stereocenters. The van der Waals surface area contributed by atoms with Crippen LogP contribution in [-0.2, 0) is 4.79 Å². The second-order valence-corrected chi connectivity index (χ2v) is 7.02. The van der Waals surface area contributed by atoms with Crippen LogP contribution in [0.5, 0.6) is 0 Å². The maximum atomic E-state index is 12.2. The minimum absolute atomic E-state index is 0.0937. The Kier molecular flexibility index (Phi) is 5.07. The maximum Gasteiger partial charge on any atom is 0.234 e. The molecular weight excluding hydrogens is 340 g/mol. The Labute approximate surface area is 150 Å². The zero-order chi connectivity index (χ0) is 17.1. The molecule has 0 aliphatic rings. The molecule has 0 spiro atoms. The van der Waals surface area contributed by atoms with Crippen LogP contribution < -0.4 is 5.32 Å². The van der Waals surface area contributed by atoms with Crippen molar-refractivity contribution in [2.45, 2.75) is 18.9 Å². The Morgan fingerprint density at radius 1 is 1.17 bits per heavy atom. The molecule has 0 aliphatic carbocycles. The van der Waals surface area contributed by atoms with Gasteiger partial charge in [-0.1, -0.05) is 53.7 Å². The molecule has 5 heteroatoms. The van der Waals surface area contributed by atoms with Gasteiger partial charge in [-0.15, -0.1) is 0 Å². The summed E-state index contributed by atoms with van der Waals surface area (Å²) in [6.07, 6.45) is 0. The Bertz CT molecular complexity index is 888. The number of nitrogens with zero attached hydrogens (tertiary/aromatic N) is 1. The van der Waals surface area contributed by atoms with Gasteiger partial charge in [0.1, 0.15) is 0 Å². The largest absolute Gasteiger partial charge is 0.324 e. The highest BCUT2D eigenvalue weighted by molar-refractivity contribution is 7.99. The Morgan fingerprint density at radius 2 is 1.96 bits per heavy atom. The fourth-order valence-corrected chi connectivity index (χ4v) is 3.56. The fourth-order valence-electron chi connectivity index (χ4n) is 2.52. The summed E-state index contributed by atoms with van der Waals surface area (Å²) in [4.78, 5) is 16.8. The normalized spacial score (nSPS) is 10.8. The number of carbonyl (C=O) groups is 1. The summed E-state index contributed by atoms with van der Waals surface area (Å²) in [5.74, 6) is 0.193. The van der Waals surface area contributed by atoms with Gasteiger partial charge in [-0.3, -0.25) is 4.79 Å². The third kappa shape index (κ3) is 3.89. The first kappa shape index (κ1) is 16.8. The molecule has 0 atom stereocenters. The number of hydrogen-bond acceptors (Lipinski definition) is 3. The van der Waals surface area contributed by atoms with E-state index in [4.69, 9.17) is 11.6 Å². The van der Waals surface area contributed by atoms with E-state index in [1.54, 1.807) is 0 Å². The first-order chi connectivity index (χ1) is 11.5. The number of pyridine rings is 1. The van der Waals surface area contributed by atoms with E-state index >= 15 is 0 Å². The Morgan fingerprint density at radius 3 is 2.75 bits per heavy atom. The molecule has 0 saturated heterocycles. The lowest BCUT2D eigenvalue weighted by Crippen LogP contribution is -2.15. The molecule has 3 aromatic rings. The number of anilines is 1. The minimum atomic E-state index is -0.0937.